The summed E-state index contributed by atoms with van der Waals surface area (Å²) < 4.78 is 36.9. The Kier molecular flexibility index (Phi) is 6.11. The van der Waals surface area contributed by atoms with E-state index in [0.717, 1.165) is 28.2 Å². The number of hydrogen-bond acceptors (Lipinski definition) is 4. The lowest BCUT2D eigenvalue weighted by Crippen LogP contribution is -2.33. The Balaban J connectivity index is 2.03. The molecule has 0 bridgehead atoms. The zero-order valence-corrected chi connectivity index (χ0v) is 15.9. The Morgan fingerprint density at radius 3 is 2.50 bits per heavy atom. The molecule has 138 valence electrons. The SMILES string of the molecule is Cc1cc(Br)ccc1NC(=O)CNC(=O)c1ccc(F)c(S(N)(=O)=O)c1. The van der Waals surface area contributed by atoms with Crippen LogP contribution >= 0.6 is 15.9 Å². The van der Waals surface area contributed by atoms with E-state index in [2.05, 4.69) is 26.6 Å². The smallest absolute Gasteiger partial charge is 0.251 e. The van der Waals surface area contributed by atoms with Crippen LogP contribution in [0.25, 0.3) is 0 Å². The van der Waals surface area contributed by atoms with Crippen LogP contribution in [0.1, 0.15) is 15.9 Å². The summed E-state index contributed by atoms with van der Waals surface area (Å²) in [5, 5.41) is 9.86. The summed E-state index contributed by atoms with van der Waals surface area (Å²) in [5.41, 5.74) is 1.28. The van der Waals surface area contributed by atoms with Gasteiger partial charge < -0.3 is 10.6 Å². The molecule has 2 aromatic rings. The van der Waals surface area contributed by atoms with Crippen molar-refractivity contribution in [3.05, 3.63) is 57.8 Å². The van der Waals surface area contributed by atoms with Crippen LogP contribution in [0.2, 0.25) is 0 Å². The monoisotopic (exact) mass is 443 g/mol. The molecule has 4 N–H and O–H groups in total. The first-order valence-electron chi connectivity index (χ1n) is 7.24. The third-order valence-corrected chi connectivity index (χ3v) is 4.79. The van der Waals surface area contributed by atoms with Crippen molar-refractivity contribution in [2.24, 2.45) is 5.14 Å². The van der Waals surface area contributed by atoms with Gasteiger partial charge in [0.05, 0.1) is 6.54 Å². The molecule has 10 heteroatoms. The number of carbonyl (C=O) groups excluding carboxylic acids is 2. The molecular formula is C16H15BrFN3O4S. The van der Waals surface area contributed by atoms with Gasteiger partial charge in [0.1, 0.15) is 10.7 Å². The minimum Gasteiger partial charge on any atom is -0.343 e. The second kappa shape index (κ2) is 7.94. The number of nitrogens with two attached hydrogens (primary N) is 1. The molecule has 0 spiro atoms. The molecule has 0 saturated heterocycles. The number of hydrogen-bond donors (Lipinski definition) is 3. The van der Waals surface area contributed by atoms with Crippen molar-refractivity contribution >= 4 is 43.5 Å². The molecule has 0 aliphatic rings. The van der Waals surface area contributed by atoms with Gasteiger partial charge in [-0.1, -0.05) is 15.9 Å². The predicted octanol–water partition coefficient (Wildman–Crippen LogP) is 1.91. The average molecular weight is 444 g/mol. The fourth-order valence-corrected chi connectivity index (χ4v) is 3.19. The van der Waals surface area contributed by atoms with Gasteiger partial charge in [0.2, 0.25) is 15.9 Å². The van der Waals surface area contributed by atoms with E-state index in [4.69, 9.17) is 5.14 Å². The van der Waals surface area contributed by atoms with Gasteiger partial charge in [0, 0.05) is 15.7 Å². The van der Waals surface area contributed by atoms with Gasteiger partial charge in [-0.15, -0.1) is 0 Å². The van der Waals surface area contributed by atoms with Crippen LogP contribution in [0.15, 0.2) is 45.8 Å². The number of aryl methyl sites for hydroxylation is 1. The number of carbonyl (C=O) groups is 2. The molecule has 0 aromatic heterocycles. The van der Waals surface area contributed by atoms with Crippen molar-refractivity contribution in [2.45, 2.75) is 11.8 Å². The van der Waals surface area contributed by atoms with Crippen molar-refractivity contribution in [3.8, 4) is 0 Å². The lowest BCUT2D eigenvalue weighted by Gasteiger charge is -2.10. The molecule has 7 nitrogen and oxygen atoms in total. The Hall–Kier alpha value is -2.30. The third kappa shape index (κ3) is 5.10. The van der Waals surface area contributed by atoms with E-state index in [0.29, 0.717) is 5.69 Å². The van der Waals surface area contributed by atoms with Gasteiger partial charge in [-0.05, 0) is 48.9 Å². The Bertz CT molecular complexity index is 979. The maximum atomic E-state index is 13.5. The van der Waals surface area contributed by atoms with Crippen LogP contribution in [0.3, 0.4) is 0 Å². The largest absolute Gasteiger partial charge is 0.343 e. The summed E-state index contributed by atoms with van der Waals surface area (Å²) in [6, 6.07) is 8.01. The van der Waals surface area contributed by atoms with Crippen molar-refractivity contribution in [1.82, 2.24) is 5.32 Å². The van der Waals surface area contributed by atoms with Crippen LogP contribution in [-0.4, -0.2) is 26.8 Å². The molecule has 2 rings (SSSR count). The first-order valence-corrected chi connectivity index (χ1v) is 9.58. The maximum absolute atomic E-state index is 13.5. The molecule has 0 radical (unpaired) electrons. The van der Waals surface area contributed by atoms with Gasteiger partial charge in [-0.2, -0.15) is 0 Å². The number of benzene rings is 2. The minimum atomic E-state index is -4.31. The summed E-state index contributed by atoms with van der Waals surface area (Å²) in [5.74, 6) is -2.28. The standard InChI is InChI=1S/C16H15BrFN3O4S/c1-9-6-11(17)3-5-13(9)21-15(22)8-20-16(23)10-2-4-12(18)14(7-10)26(19,24)25/h2-7H,8H2,1H3,(H,20,23)(H,21,22)(H2,19,24,25). The molecule has 0 saturated carbocycles. The first kappa shape index (κ1) is 20.0. The highest BCUT2D eigenvalue weighted by Gasteiger charge is 2.18. The number of rotatable bonds is 5. The van der Waals surface area contributed by atoms with Crippen LogP contribution in [-0.2, 0) is 14.8 Å². The van der Waals surface area contributed by atoms with E-state index in [1.54, 1.807) is 12.1 Å². The van der Waals surface area contributed by atoms with Crippen LogP contribution in [0, 0.1) is 12.7 Å². The fraction of sp³-hybridized carbons (Fsp3) is 0.125. The second-order valence-corrected chi connectivity index (χ2v) is 7.83. The zero-order valence-electron chi connectivity index (χ0n) is 13.5. The van der Waals surface area contributed by atoms with E-state index in [-0.39, 0.29) is 12.1 Å². The molecule has 0 atom stereocenters. The Morgan fingerprint density at radius 1 is 1.19 bits per heavy atom. The van der Waals surface area contributed by atoms with Gasteiger partial charge in [0.25, 0.3) is 5.91 Å². The van der Waals surface area contributed by atoms with Crippen LogP contribution in [0.4, 0.5) is 10.1 Å². The van der Waals surface area contributed by atoms with Gasteiger partial charge >= 0.3 is 0 Å². The van der Waals surface area contributed by atoms with E-state index < -0.39 is 32.6 Å². The second-order valence-electron chi connectivity index (χ2n) is 5.38. The lowest BCUT2D eigenvalue weighted by atomic mass is 10.2. The first-order chi connectivity index (χ1) is 12.1. The normalized spacial score (nSPS) is 11.1. The van der Waals surface area contributed by atoms with Crippen molar-refractivity contribution in [1.29, 1.82) is 0 Å². The molecule has 2 aromatic carbocycles. The summed E-state index contributed by atoms with van der Waals surface area (Å²) in [7, 11) is -4.31. The molecule has 0 unspecified atom stereocenters. The summed E-state index contributed by atoms with van der Waals surface area (Å²) in [6.07, 6.45) is 0. The number of sulfonamides is 1. The van der Waals surface area contributed by atoms with Gasteiger partial charge in [-0.25, -0.2) is 17.9 Å². The highest BCUT2D eigenvalue weighted by molar-refractivity contribution is 9.10. The van der Waals surface area contributed by atoms with Gasteiger partial charge in [-0.3, -0.25) is 9.59 Å². The molecule has 0 aliphatic heterocycles. The number of amides is 2. The summed E-state index contributed by atoms with van der Waals surface area (Å²) in [4.78, 5) is 23.2. The van der Waals surface area contributed by atoms with Crippen LogP contribution in [0.5, 0.6) is 0 Å². The zero-order chi connectivity index (χ0) is 19.5. The van der Waals surface area contributed by atoms with E-state index in [1.807, 2.05) is 13.0 Å². The average Bonchev–Trinajstić information content (AvgIpc) is 2.54. The third-order valence-electron chi connectivity index (χ3n) is 3.37. The van der Waals surface area contributed by atoms with E-state index in [9.17, 15) is 22.4 Å². The van der Waals surface area contributed by atoms with Gasteiger partial charge in [0.15, 0.2) is 0 Å². The number of halogens is 2. The number of nitrogens with one attached hydrogen (secondary N) is 2. The van der Waals surface area contributed by atoms with E-state index in [1.165, 1.54) is 0 Å². The lowest BCUT2D eigenvalue weighted by molar-refractivity contribution is -0.115. The van der Waals surface area contributed by atoms with Crippen molar-refractivity contribution in [2.75, 3.05) is 11.9 Å². The Labute approximate surface area is 158 Å². The predicted molar refractivity (Wildman–Crippen MR) is 97.6 cm³/mol. The Morgan fingerprint density at radius 2 is 1.88 bits per heavy atom. The van der Waals surface area contributed by atoms with Crippen LogP contribution < -0.4 is 15.8 Å². The summed E-state index contributed by atoms with van der Waals surface area (Å²) >= 11 is 3.31. The molecule has 0 heterocycles. The molecule has 0 fully saturated rings. The van der Waals surface area contributed by atoms with E-state index >= 15 is 0 Å². The minimum absolute atomic E-state index is 0.136. The number of primary sulfonamides is 1. The van der Waals surface area contributed by atoms with Crippen molar-refractivity contribution < 1.29 is 22.4 Å². The highest BCUT2D eigenvalue weighted by Crippen LogP contribution is 2.20. The fourth-order valence-electron chi connectivity index (χ4n) is 2.09. The summed E-state index contributed by atoms with van der Waals surface area (Å²) in [6.45, 7) is 1.46. The van der Waals surface area contributed by atoms with Crippen molar-refractivity contribution in [3.63, 3.8) is 0 Å². The quantitative estimate of drug-likeness (QED) is 0.653. The topological polar surface area (TPSA) is 118 Å². The number of anilines is 1. The highest BCUT2D eigenvalue weighted by atomic mass is 79.9. The molecule has 26 heavy (non-hydrogen) atoms. The molecule has 2 amide bonds. The molecular weight excluding hydrogens is 429 g/mol. The molecule has 0 aliphatic carbocycles. The maximum Gasteiger partial charge on any atom is 0.251 e.